The molecule has 0 spiro atoms. The number of methoxy groups -OCH3 is 1. The van der Waals surface area contributed by atoms with E-state index in [2.05, 4.69) is 27.5 Å². The first-order chi connectivity index (χ1) is 26.4. The number of nitrogens with one attached hydrogen (secondary N) is 2. The zero-order valence-electron chi connectivity index (χ0n) is 31.3. The summed E-state index contributed by atoms with van der Waals surface area (Å²) in [6, 6.07) is 18.1. The average molecular weight is 763 g/mol. The summed E-state index contributed by atoms with van der Waals surface area (Å²) in [4.78, 5) is 68.5. The van der Waals surface area contributed by atoms with E-state index in [-0.39, 0.29) is 22.7 Å². The van der Waals surface area contributed by atoms with Gasteiger partial charge in [0.1, 0.15) is 23.3 Å². The van der Waals surface area contributed by atoms with E-state index in [1.54, 1.807) is 48.5 Å². The van der Waals surface area contributed by atoms with Crippen molar-refractivity contribution in [1.29, 1.82) is 0 Å². The van der Waals surface area contributed by atoms with Gasteiger partial charge in [-0.05, 0) is 80.7 Å². The van der Waals surface area contributed by atoms with Crippen LogP contribution in [0.1, 0.15) is 47.9 Å². The van der Waals surface area contributed by atoms with E-state index in [1.807, 2.05) is 12.1 Å². The highest BCUT2D eigenvalue weighted by molar-refractivity contribution is 6.11. The summed E-state index contributed by atoms with van der Waals surface area (Å²) in [5.41, 5.74) is 1.71. The summed E-state index contributed by atoms with van der Waals surface area (Å²) in [5.74, 6) is -2.96. The number of aliphatic hydroxyl groups is 1. The van der Waals surface area contributed by atoms with Gasteiger partial charge in [0.25, 0.3) is 11.8 Å². The van der Waals surface area contributed by atoms with E-state index in [9.17, 15) is 29.1 Å². The lowest BCUT2D eigenvalue weighted by atomic mass is 9.98. The van der Waals surface area contributed by atoms with E-state index in [0.717, 1.165) is 59.1 Å². The third kappa shape index (κ3) is 10.5. The fourth-order valence-electron chi connectivity index (χ4n) is 6.34. The Labute approximate surface area is 318 Å². The van der Waals surface area contributed by atoms with Crippen LogP contribution in [0.25, 0.3) is 0 Å². The Balaban J connectivity index is 1.50. The van der Waals surface area contributed by atoms with Crippen LogP contribution in [0.3, 0.4) is 0 Å². The fraction of sp³-hybridized carbons (Fsp3) is 0.410. The molecule has 0 unspecified atom stereocenters. The normalized spacial score (nSPS) is 21.3. The molecule has 2 saturated heterocycles. The Morgan fingerprint density at radius 1 is 0.745 bits per heavy atom. The highest BCUT2D eigenvalue weighted by atomic mass is 16.7. The van der Waals surface area contributed by atoms with Gasteiger partial charge in [0.2, 0.25) is 12.4 Å². The minimum Gasteiger partial charge on any atom is -0.497 e. The van der Waals surface area contributed by atoms with Crippen molar-refractivity contribution in [3.05, 3.63) is 77.9 Å². The number of aliphatic hydroxyl groups excluding tert-OH is 1. The molecule has 0 radical (unpaired) electrons. The minimum atomic E-state index is -1.59. The highest BCUT2D eigenvalue weighted by Crippen LogP contribution is 2.38. The van der Waals surface area contributed by atoms with Crippen LogP contribution in [0.2, 0.25) is 0 Å². The largest absolute Gasteiger partial charge is 0.497 e. The van der Waals surface area contributed by atoms with Crippen molar-refractivity contribution >= 4 is 46.8 Å². The molecule has 2 heterocycles. The molecular weight excluding hydrogens is 716 g/mol. The van der Waals surface area contributed by atoms with Gasteiger partial charge in [-0.3, -0.25) is 24.0 Å². The van der Waals surface area contributed by atoms with E-state index >= 15 is 0 Å². The predicted octanol–water partition coefficient (Wildman–Crippen LogP) is 3.23. The second kappa shape index (κ2) is 18.6. The summed E-state index contributed by atoms with van der Waals surface area (Å²) in [6.07, 6.45) is -6.27. The molecule has 16 nitrogen and oxygen atoms in total. The van der Waals surface area contributed by atoms with Gasteiger partial charge in [0.15, 0.2) is 12.2 Å². The van der Waals surface area contributed by atoms with E-state index in [1.165, 1.54) is 13.2 Å². The number of hydrogen-bond donors (Lipinski definition) is 3. The number of carbonyl (C=O) groups excluding carboxylic acids is 5. The van der Waals surface area contributed by atoms with Crippen LogP contribution in [0.5, 0.6) is 11.5 Å². The van der Waals surface area contributed by atoms with Gasteiger partial charge in [0.05, 0.1) is 19.4 Å². The van der Waals surface area contributed by atoms with Crippen molar-refractivity contribution in [2.75, 3.05) is 62.5 Å². The lowest BCUT2D eigenvalue weighted by Crippen LogP contribution is -2.63. The Bertz CT molecular complexity index is 1840. The molecule has 5 rings (SSSR count). The number of para-hydroxylation sites is 1. The fourth-order valence-corrected chi connectivity index (χ4v) is 6.34. The number of nitrogens with zero attached hydrogens (tertiary/aromatic N) is 2. The van der Waals surface area contributed by atoms with Gasteiger partial charge < -0.3 is 54.0 Å². The lowest BCUT2D eigenvalue weighted by Gasteiger charge is -2.43. The van der Waals surface area contributed by atoms with Crippen LogP contribution in [-0.2, 0) is 33.3 Å². The molecule has 2 aliphatic rings. The van der Waals surface area contributed by atoms with E-state index in [0.29, 0.717) is 11.3 Å². The van der Waals surface area contributed by atoms with Crippen molar-refractivity contribution in [1.82, 2.24) is 4.90 Å². The SMILES string of the molecule is COc1ccc(C(=O)Nc2cccc(O[C@@H]3O[C@H](CO)[C@@H](OC(C)=O)[C@H](OC(C)=O)[C@H]3OC(C)=O)c2NC(=O)c2ccc(N3CCCN(C)CC3)cc2)cc1. The summed E-state index contributed by atoms with van der Waals surface area (Å²) in [7, 11) is 3.60. The number of benzene rings is 3. The Kier molecular flexibility index (Phi) is 13.7. The van der Waals surface area contributed by atoms with Gasteiger partial charge >= 0.3 is 17.9 Å². The molecule has 0 aliphatic carbocycles. The van der Waals surface area contributed by atoms with Crippen molar-refractivity contribution in [2.24, 2.45) is 0 Å². The maximum Gasteiger partial charge on any atom is 0.303 e. The number of amides is 2. The minimum absolute atomic E-state index is 0.00543. The summed E-state index contributed by atoms with van der Waals surface area (Å²) in [5, 5.41) is 15.9. The standard InChI is InChI=1S/C39H46N4O12/c1-23(45)51-34-32(22-44)55-39(36(53-25(3)47)35(34)52-24(2)46)54-31-9-6-8-30(40-37(48)27-12-16-29(50-5)17-13-27)33(31)41-38(49)26-10-14-28(15-11-26)43-19-7-18-42(4)20-21-43/h6,8-17,32,34-36,39,44H,7,18-22H2,1-5H3,(H,40,48)(H,41,49)/t32-,34-,35+,36-,39-/m1/s1. The predicted molar refractivity (Wildman–Crippen MR) is 199 cm³/mol. The second-order valence-electron chi connectivity index (χ2n) is 13.1. The summed E-state index contributed by atoms with van der Waals surface area (Å²) in [6.45, 7) is 6.26. The maximum atomic E-state index is 13.9. The van der Waals surface area contributed by atoms with Crippen LogP contribution in [-0.4, -0.2) is 117 Å². The molecule has 3 aromatic carbocycles. The molecule has 2 fully saturated rings. The van der Waals surface area contributed by atoms with Crippen molar-refractivity contribution < 1.29 is 57.5 Å². The van der Waals surface area contributed by atoms with Gasteiger partial charge in [0, 0.05) is 57.2 Å². The summed E-state index contributed by atoms with van der Waals surface area (Å²) >= 11 is 0. The first-order valence-electron chi connectivity index (χ1n) is 17.7. The second-order valence-corrected chi connectivity index (χ2v) is 13.1. The van der Waals surface area contributed by atoms with Crippen LogP contribution < -0.4 is 25.0 Å². The molecule has 294 valence electrons. The number of hydrogen-bond acceptors (Lipinski definition) is 14. The first kappa shape index (κ1) is 40.5. The Morgan fingerprint density at radius 3 is 1.96 bits per heavy atom. The zero-order valence-corrected chi connectivity index (χ0v) is 31.3. The number of carbonyl (C=O) groups is 5. The molecule has 55 heavy (non-hydrogen) atoms. The van der Waals surface area contributed by atoms with Crippen molar-refractivity contribution in [3.63, 3.8) is 0 Å². The number of anilines is 3. The van der Waals surface area contributed by atoms with Crippen molar-refractivity contribution in [2.45, 2.75) is 57.9 Å². The molecule has 3 N–H and O–H groups in total. The number of ether oxygens (including phenoxy) is 6. The Morgan fingerprint density at radius 2 is 1.35 bits per heavy atom. The van der Waals surface area contributed by atoms with E-state index < -0.39 is 67.0 Å². The molecule has 0 aromatic heterocycles. The molecule has 0 bridgehead atoms. The van der Waals surface area contributed by atoms with Gasteiger partial charge in [-0.2, -0.15) is 0 Å². The van der Waals surface area contributed by atoms with E-state index in [4.69, 9.17) is 28.4 Å². The Hall–Kier alpha value is -5.71. The van der Waals surface area contributed by atoms with Gasteiger partial charge in [-0.15, -0.1) is 0 Å². The quantitative estimate of drug-likeness (QED) is 0.180. The maximum absolute atomic E-state index is 13.9. The van der Waals surface area contributed by atoms with Crippen LogP contribution in [0.4, 0.5) is 17.1 Å². The number of rotatable bonds is 12. The zero-order chi connectivity index (χ0) is 39.6. The number of likely N-dealkylation sites (N-methyl/N-ethyl adjacent to an activating group) is 1. The van der Waals surface area contributed by atoms with Crippen LogP contribution >= 0.6 is 0 Å². The molecule has 16 heteroatoms. The molecule has 2 amide bonds. The molecular formula is C39H46N4O12. The highest BCUT2D eigenvalue weighted by Gasteiger charge is 2.53. The lowest BCUT2D eigenvalue weighted by molar-refractivity contribution is -0.287. The van der Waals surface area contributed by atoms with Crippen LogP contribution in [0, 0.1) is 0 Å². The van der Waals surface area contributed by atoms with Gasteiger partial charge in [-0.1, -0.05) is 6.07 Å². The smallest absolute Gasteiger partial charge is 0.303 e. The third-order valence-corrected chi connectivity index (χ3v) is 9.00. The average Bonchev–Trinajstić information content (AvgIpc) is 3.38. The molecule has 5 atom stereocenters. The molecule has 2 aliphatic heterocycles. The monoisotopic (exact) mass is 762 g/mol. The molecule has 3 aromatic rings. The third-order valence-electron chi connectivity index (χ3n) is 9.00. The van der Waals surface area contributed by atoms with Crippen LogP contribution in [0.15, 0.2) is 66.7 Å². The van der Waals surface area contributed by atoms with Gasteiger partial charge in [-0.25, -0.2) is 0 Å². The van der Waals surface area contributed by atoms with Crippen molar-refractivity contribution in [3.8, 4) is 11.5 Å². The topological polar surface area (TPSA) is 192 Å². The molecule has 0 saturated carbocycles. The first-order valence-corrected chi connectivity index (χ1v) is 17.7. The number of esters is 3. The summed E-state index contributed by atoms with van der Waals surface area (Å²) < 4.78 is 33.8.